The zero-order chi connectivity index (χ0) is 17.9. The van der Waals surface area contributed by atoms with E-state index in [4.69, 9.17) is 4.98 Å². The summed E-state index contributed by atoms with van der Waals surface area (Å²) >= 11 is 1.68. The van der Waals surface area contributed by atoms with Gasteiger partial charge in [-0.2, -0.15) is 0 Å². The molecule has 0 bridgehead atoms. The molecule has 1 N–H and O–H groups in total. The van der Waals surface area contributed by atoms with Crippen LogP contribution in [-0.2, 0) is 11.3 Å². The summed E-state index contributed by atoms with van der Waals surface area (Å²) < 4.78 is 14.1. The molecule has 4 nitrogen and oxygen atoms in total. The van der Waals surface area contributed by atoms with Gasteiger partial charge in [-0.05, 0) is 42.7 Å². The summed E-state index contributed by atoms with van der Waals surface area (Å²) in [6.45, 7) is 2.05. The van der Waals surface area contributed by atoms with Crippen molar-refractivity contribution < 1.29 is 9.18 Å². The number of nitrogens with one attached hydrogen (secondary N) is 1. The maximum Gasteiger partial charge on any atom is 0.225 e. The minimum Gasteiger partial charge on any atom is -0.352 e. The number of carbonyl (C=O) groups excluding carboxylic acids is 1. The molecule has 1 amide bonds. The van der Waals surface area contributed by atoms with E-state index < -0.39 is 0 Å². The van der Waals surface area contributed by atoms with E-state index in [2.05, 4.69) is 16.3 Å². The average molecular weight is 369 g/mol. The maximum atomic E-state index is 13.0. The van der Waals surface area contributed by atoms with Gasteiger partial charge in [0.2, 0.25) is 5.91 Å². The first-order chi connectivity index (χ1) is 12.7. The van der Waals surface area contributed by atoms with Crippen molar-refractivity contribution in [3.8, 4) is 0 Å². The smallest absolute Gasteiger partial charge is 0.225 e. The van der Waals surface area contributed by atoms with Crippen molar-refractivity contribution in [1.29, 1.82) is 0 Å². The topological polar surface area (TPSA) is 45.2 Å². The van der Waals surface area contributed by atoms with Crippen LogP contribution in [0.4, 0.5) is 9.52 Å². The zero-order valence-electron chi connectivity index (χ0n) is 14.3. The number of thiazole rings is 1. The molecule has 0 saturated carbocycles. The molecule has 134 valence electrons. The van der Waals surface area contributed by atoms with Gasteiger partial charge in [0.1, 0.15) is 5.82 Å². The highest BCUT2D eigenvalue weighted by atomic mass is 32.1. The molecule has 1 aliphatic heterocycles. The van der Waals surface area contributed by atoms with Gasteiger partial charge in [0.05, 0.1) is 16.1 Å². The SMILES string of the molecule is O=C(NCc1ccc(F)cc1)C1CCCN(c2nc3ccccc3s2)C1. The number of para-hydroxylation sites is 1. The Bertz CT molecular complexity index is 876. The van der Waals surface area contributed by atoms with Crippen LogP contribution in [0.1, 0.15) is 18.4 Å². The number of hydrogen-bond acceptors (Lipinski definition) is 4. The van der Waals surface area contributed by atoms with Crippen molar-refractivity contribution in [3.63, 3.8) is 0 Å². The van der Waals surface area contributed by atoms with Gasteiger partial charge in [-0.15, -0.1) is 0 Å². The summed E-state index contributed by atoms with van der Waals surface area (Å²) in [5.74, 6) is -0.254. The zero-order valence-corrected chi connectivity index (χ0v) is 15.1. The molecular formula is C20H20FN3OS. The molecule has 0 spiro atoms. The predicted octanol–water partition coefficient (Wildman–Crippen LogP) is 3.97. The maximum absolute atomic E-state index is 13.0. The van der Waals surface area contributed by atoms with E-state index >= 15 is 0 Å². The first-order valence-electron chi connectivity index (χ1n) is 8.82. The lowest BCUT2D eigenvalue weighted by Crippen LogP contribution is -2.42. The largest absolute Gasteiger partial charge is 0.352 e. The van der Waals surface area contributed by atoms with Gasteiger partial charge in [0, 0.05) is 19.6 Å². The Morgan fingerprint density at radius 3 is 2.85 bits per heavy atom. The fourth-order valence-corrected chi connectivity index (χ4v) is 4.30. The number of aromatic nitrogens is 1. The van der Waals surface area contributed by atoms with Crippen LogP contribution in [-0.4, -0.2) is 24.0 Å². The van der Waals surface area contributed by atoms with Crippen molar-refractivity contribution in [1.82, 2.24) is 10.3 Å². The Morgan fingerprint density at radius 1 is 1.23 bits per heavy atom. The van der Waals surface area contributed by atoms with Crippen LogP contribution in [0.2, 0.25) is 0 Å². The molecule has 3 aromatic rings. The second-order valence-electron chi connectivity index (χ2n) is 6.59. The molecule has 1 atom stereocenters. The molecule has 2 aromatic carbocycles. The van der Waals surface area contributed by atoms with Crippen molar-refractivity contribution in [2.24, 2.45) is 5.92 Å². The highest BCUT2D eigenvalue weighted by Gasteiger charge is 2.27. The quantitative estimate of drug-likeness (QED) is 0.757. The summed E-state index contributed by atoms with van der Waals surface area (Å²) in [6, 6.07) is 14.3. The van der Waals surface area contributed by atoms with Gasteiger partial charge < -0.3 is 10.2 Å². The number of halogens is 1. The van der Waals surface area contributed by atoms with Crippen LogP contribution in [0.15, 0.2) is 48.5 Å². The number of benzene rings is 2. The minimum atomic E-state index is -0.265. The highest BCUT2D eigenvalue weighted by Crippen LogP contribution is 2.31. The van der Waals surface area contributed by atoms with E-state index in [0.29, 0.717) is 13.1 Å². The molecule has 1 aromatic heterocycles. The standard InChI is InChI=1S/C20H20FN3OS/c21-16-9-7-14(8-10-16)12-22-19(25)15-4-3-11-24(13-15)20-23-17-5-1-2-6-18(17)26-20/h1-2,5-10,15H,3-4,11-13H2,(H,22,25). The minimum absolute atomic E-state index is 0.0452. The third kappa shape index (κ3) is 3.70. The van der Waals surface area contributed by atoms with Gasteiger partial charge in [0.25, 0.3) is 0 Å². The van der Waals surface area contributed by atoms with Gasteiger partial charge in [-0.1, -0.05) is 35.6 Å². The number of hydrogen-bond donors (Lipinski definition) is 1. The monoisotopic (exact) mass is 369 g/mol. The molecule has 0 aliphatic carbocycles. The lowest BCUT2D eigenvalue weighted by molar-refractivity contribution is -0.125. The molecule has 0 radical (unpaired) electrons. The fraction of sp³-hybridized carbons (Fsp3) is 0.300. The lowest BCUT2D eigenvalue weighted by Gasteiger charge is -2.31. The molecule has 1 saturated heterocycles. The Hall–Kier alpha value is -2.47. The third-order valence-electron chi connectivity index (χ3n) is 4.73. The number of fused-ring (bicyclic) bond motifs is 1. The summed E-state index contributed by atoms with van der Waals surface area (Å²) in [6.07, 6.45) is 1.86. The van der Waals surface area contributed by atoms with E-state index in [0.717, 1.165) is 35.6 Å². The highest BCUT2D eigenvalue weighted by molar-refractivity contribution is 7.22. The van der Waals surface area contributed by atoms with Crippen LogP contribution in [0, 0.1) is 11.7 Å². The first-order valence-corrected chi connectivity index (χ1v) is 9.63. The number of carbonyl (C=O) groups is 1. The van der Waals surface area contributed by atoms with Crippen LogP contribution < -0.4 is 10.2 Å². The number of amides is 1. The Labute approximate surface area is 155 Å². The summed E-state index contributed by atoms with van der Waals surface area (Å²) in [7, 11) is 0. The van der Waals surface area contributed by atoms with Crippen LogP contribution in [0.3, 0.4) is 0 Å². The number of anilines is 1. The van der Waals surface area contributed by atoms with Crippen LogP contribution in [0.25, 0.3) is 10.2 Å². The molecule has 1 aliphatic rings. The van der Waals surface area contributed by atoms with Crippen molar-refractivity contribution in [2.45, 2.75) is 19.4 Å². The molecular weight excluding hydrogens is 349 g/mol. The first kappa shape index (κ1) is 17.0. The van der Waals surface area contributed by atoms with Crippen molar-refractivity contribution in [3.05, 3.63) is 59.9 Å². The van der Waals surface area contributed by atoms with Gasteiger partial charge in [0.15, 0.2) is 5.13 Å². The van der Waals surface area contributed by atoms with E-state index in [1.165, 1.54) is 16.8 Å². The van der Waals surface area contributed by atoms with Gasteiger partial charge in [-0.3, -0.25) is 4.79 Å². The van der Waals surface area contributed by atoms with Gasteiger partial charge in [-0.25, -0.2) is 9.37 Å². The predicted molar refractivity (Wildman–Crippen MR) is 103 cm³/mol. The average Bonchev–Trinajstić information content (AvgIpc) is 3.12. The number of rotatable bonds is 4. The fourth-order valence-electron chi connectivity index (χ4n) is 3.30. The number of piperidine rings is 1. The molecule has 2 heterocycles. The van der Waals surface area contributed by atoms with E-state index in [1.54, 1.807) is 23.5 Å². The number of nitrogens with zero attached hydrogens (tertiary/aromatic N) is 2. The summed E-state index contributed by atoms with van der Waals surface area (Å²) in [5, 5.41) is 3.97. The van der Waals surface area contributed by atoms with Crippen LogP contribution in [0.5, 0.6) is 0 Å². The van der Waals surface area contributed by atoms with Gasteiger partial charge >= 0.3 is 0 Å². The van der Waals surface area contributed by atoms with Crippen molar-refractivity contribution >= 4 is 32.6 Å². The molecule has 6 heteroatoms. The van der Waals surface area contributed by atoms with Crippen molar-refractivity contribution in [2.75, 3.05) is 18.0 Å². The van der Waals surface area contributed by atoms with E-state index in [9.17, 15) is 9.18 Å². The Balaban J connectivity index is 1.39. The normalized spacial score (nSPS) is 17.4. The molecule has 4 rings (SSSR count). The molecule has 1 fully saturated rings. The summed E-state index contributed by atoms with van der Waals surface area (Å²) in [4.78, 5) is 19.5. The Kier molecular flexibility index (Phi) is 4.84. The molecule has 26 heavy (non-hydrogen) atoms. The Morgan fingerprint density at radius 2 is 2.04 bits per heavy atom. The summed E-state index contributed by atoms with van der Waals surface area (Å²) in [5.41, 5.74) is 1.91. The van der Waals surface area contributed by atoms with E-state index in [1.807, 2.05) is 18.2 Å². The second kappa shape index (κ2) is 7.41. The van der Waals surface area contributed by atoms with Crippen LogP contribution >= 0.6 is 11.3 Å². The molecule has 1 unspecified atom stereocenters. The third-order valence-corrected chi connectivity index (χ3v) is 5.82. The second-order valence-corrected chi connectivity index (χ2v) is 7.60. The lowest BCUT2D eigenvalue weighted by atomic mass is 9.97. The van der Waals surface area contributed by atoms with E-state index in [-0.39, 0.29) is 17.6 Å².